The van der Waals surface area contributed by atoms with E-state index in [-0.39, 0.29) is 0 Å². The molecule has 0 aliphatic rings. The molecule has 0 saturated carbocycles. The minimum atomic E-state index is 0.382. The number of rotatable bonds is 1. The quantitative estimate of drug-likeness (QED) is 0.555. The summed E-state index contributed by atoms with van der Waals surface area (Å²) >= 11 is 0. The zero-order valence-corrected chi connectivity index (χ0v) is 4.13. The molecule has 0 bridgehead atoms. The number of pyridine rings is 1. The molecule has 1 aromatic heterocycles. The van der Waals surface area contributed by atoms with Gasteiger partial charge in [0, 0.05) is 6.20 Å². The van der Waals surface area contributed by atoms with Crippen molar-refractivity contribution in [2.75, 3.05) is 5.54 Å². The van der Waals surface area contributed by atoms with Gasteiger partial charge in [0.25, 0.3) is 0 Å². The van der Waals surface area contributed by atoms with Crippen molar-refractivity contribution >= 4 is 5.69 Å². The monoisotopic (exact) mass is 112 g/mol. The fourth-order valence-corrected chi connectivity index (χ4v) is 0.419. The number of hydrogen-bond donors (Lipinski definition) is 1. The Balaban J connectivity index is 2.83. The van der Waals surface area contributed by atoms with Gasteiger partial charge in [0.1, 0.15) is 0 Å². The van der Waals surface area contributed by atoms with Crippen LogP contribution in [0.1, 0.15) is 0 Å². The average Bonchev–Trinajstić information content (AvgIpc) is 1.90. The molecule has 0 spiro atoms. The molecule has 1 rings (SSSR count). The van der Waals surface area contributed by atoms with Crippen LogP contribution < -0.4 is 5.54 Å². The van der Waals surface area contributed by atoms with Gasteiger partial charge in [0.05, 0.1) is 11.9 Å². The normalized spacial score (nSPS) is 8.62. The van der Waals surface area contributed by atoms with E-state index in [9.17, 15) is 4.48 Å². The molecular formula is C5H5FN2. The lowest BCUT2D eigenvalue weighted by molar-refractivity contribution is 0.617. The second-order valence-corrected chi connectivity index (χ2v) is 1.34. The van der Waals surface area contributed by atoms with E-state index >= 15 is 0 Å². The van der Waals surface area contributed by atoms with E-state index in [2.05, 4.69) is 4.98 Å². The van der Waals surface area contributed by atoms with Gasteiger partial charge in [-0.15, -0.1) is 4.48 Å². The van der Waals surface area contributed by atoms with E-state index in [0.29, 0.717) is 5.69 Å². The fraction of sp³-hybridized carbons (Fsp3) is 0. The molecule has 0 fully saturated rings. The van der Waals surface area contributed by atoms with Crippen molar-refractivity contribution in [3.8, 4) is 0 Å². The summed E-state index contributed by atoms with van der Waals surface area (Å²) in [4.78, 5) is 3.65. The molecule has 3 heteroatoms. The summed E-state index contributed by atoms with van der Waals surface area (Å²) in [5.74, 6) is 0. The van der Waals surface area contributed by atoms with Crippen molar-refractivity contribution in [1.29, 1.82) is 0 Å². The van der Waals surface area contributed by atoms with Gasteiger partial charge in [-0.2, -0.15) is 0 Å². The van der Waals surface area contributed by atoms with E-state index in [0.717, 1.165) is 0 Å². The molecule has 8 heavy (non-hydrogen) atoms. The van der Waals surface area contributed by atoms with Gasteiger partial charge < -0.3 is 0 Å². The molecule has 0 radical (unpaired) electrons. The van der Waals surface area contributed by atoms with Crippen LogP contribution in [0.15, 0.2) is 24.5 Å². The predicted octanol–water partition coefficient (Wildman–Crippen LogP) is 1.38. The third-order valence-corrected chi connectivity index (χ3v) is 0.771. The zero-order valence-electron chi connectivity index (χ0n) is 4.13. The maximum absolute atomic E-state index is 11.4. The Kier molecular flexibility index (Phi) is 1.42. The van der Waals surface area contributed by atoms with Gasteiger partial charge in [0.15, 0.2) is 0 Å². The molecule has 0 aliphatic carbocycles. The van der Waals surface area contributed by atoms with Crippen LogP contribution >= 0.6 is 0 Å². The molecule has 0 atom stereocenters. The first-order valence-corrected chi connectivity index (χ1v) is 2.20. The van der Waals surface area contributed by atoms with E-state index in [1.54, 1.807) is 18.3 Å². The maximum Gasteiger partial charge on any atom is 0.0838 e. The van der Waals surface area contributed by atoms with Crippen LogP contribution in [0.4, 0.5) is 10.2 Å². The maximum atomic E-state index is 11.4. The molecule has 2 nitrogen and oxygen atoms in total. The Bertz CT molecular complexity index is 152. The molecule has 0 aliphatic heterocycles. The van der Waals surface area contributed by atoms with Crippen molar-refractivity contribution < 1.29 is 4.48 Å². The predicted molar refractivity (Wildman–Crippen MR) is 29.0 cm³/mol. The summed E-state index contributed by atoms with van der Waals surface area (Å²) in [6, 6.07) is 3.24. The second kappa shape index (κ2) is 2.26. The third kappa shape index (κ3) is 0.932. The van der Waals surface area contributed by atoms with Crippen molar-refractivity contribution in [2.24, 2.45) is 0 Å². The van der Waals surface area contributed by atoms with E-state index in [1.807, 2.05) is 0 Å². The second-order valence-electron chi connectivity index (χ2n) is 1.34. The molecule has 0 saturated heterocycles. The molecule has 0 amide bonds. The molecule has 42 valence electrons. The standard InChI is InChI=1S/C5H5FN2/c6-8-5-2-1-3-7-4-5/h1-4,8H. The fourth-order valence-electron chi connectivity index (χ4n) is 0.419. The highest BCUT2D eigenvalue weighted by molar-refractivity contribution is 5.36. The number of halogens is 1. The molecule has 1 N–H and O–H groups in total. The number of nitrogens with one attached hydrogen (secondary N) is 1. The van der Waals surface area contributed by atoms with Gasteiger partial charge in [-0.1, -0.05) is 0 Å². The summed E-state index contributed by atoms with van der Waals surface area (Å²) in [5.41, 5.74) is 1.85. The third-order valence-electron chi connectivity index (χ3n) is 0.771. The molecule has 0 unspecified atom stereocenters. The molecule has 1 heterocycles. The van der Waals surface area contributed by atoms with Gasteiger partial charge in [0.2, 0.25) is 0 Å². The molecular weight excluding hydrogens is 107 g/mol. The summed E-state index contributed by atoms with van der Waals surface area (Å²) in [7, 11) is 0. The van der Waals surface area contributed by atoms with Gasteiger partial charge in [-0.3, -0.25) is 4.98 Å². The Labute approximate surface area is 46.3 Å². The smallest absolute Gasteiger partial charge is 0.0838 e. The number of nitrogens with zero attached hydrogens (tertiary/aromatic N) is 1. The highest BCUT2D eigenvalue weighted by atomic mass is 19.2. The largest absolute Gasteiger partial charge is 0.262 e. The van der Waals surface area contributed by atoms with Gasteiger partial charge >= 0.3 is 0 Å². The van der Waals surface area contributed by atoms with E-state index in [4.69, 9.17) is 0 Å². The Morgan fingerprint density at radius 3 is 2.88 bits per heavy atom. The molecule has 0 aromatic carbocycles. The lowest BCUT2D eigenvalue weighted by Gasteiger charge is -1.89. The summed E-state index contributed by atoms with van der Waals surface area (Å²) in [5, 5.41) is 0. The van der Waals surface area contributed by atoms with Crippen molar-refractivity contribution in [2.45, 2.75) is 0 Å². The lowest BCUT2D eigenvalue weighted by atomic mass is 10.4. The van der Waals surface area contributed by atoms with Gasteiger partial charge in [-0.05, 0) is 12.1 Å². The van der Waals surface area contributed by atoms with E-state index in [1.165, 1.54) is 11.7 Å². The number of hydrogen-bond acceptors (Lipinski definition) is 2. The van der Waals surface area contributed by atoms with Crippen LogP contribution in [-0.2, 0) is 0 Å². The van der Waals surface area contributed by atoms with Crippen LogP contribution in [0.2, 0.25) is 0 Å². The minimum absolute atomic E-state index is 0.382. The SMILES string of the molecule is FNc1cccnc1. The van der Waals surface area contributed by atoms with E-state index < -0.39 is 0 Å². The first kappa shape index (κ1) is 5.03. The van der Waals surface area contributed by atoms with Crippen LogP contribution in [0.3, 0.4) is 0 Å². The zero-order chi connectivity index (χ0) is 5.82. The summed E-state index contributed by atoms with van der Waals surface area (Å²) in [6.45, 7) is 0. The molecule has 1 aromatic rings. The number of aromatic nitrogens is 1. The highest BCUT2D eigenvalue weighted by Crippen LogP contribution is 2.00. The summed E-state index contributed by atoms with van der Waals surface area (Å²) < 4.78 is 11.4. The first-order chi connectivity index (χ1) is 3.93. The van der Waals surface area contributed by atoms with Crippen molar-refractivity contribution in [3.63, 3.8) is 0 Å². The topological polar surface area (TPSA) is 24.9 Å². The average molecular weight is 112 g/mol. The van der Waals surface area contributed by atoms with Gasteiger partial charge in [-0.25, -0.2) is 5.54 Å². The van der Waals surface area contributed by atoms with Crippen LogP contribution in [0.5, 0.6) is 0 Å². The highest BCUT2D eigenvalue weighted by Gasteiger charge is 1.82. The Hall–Kier alpha value is -1.12. The Morgan fingerprint density at radius 1 is 1.62 bits per heavy atom. The lowest BCUT2D eigenvalue weighted by Crippen LogP contribution is -1.79. The van der Waals surface area contributed by atoms with Crippen LogP contribution in [-0.4, -0.2) is 4.98 Å². The number of anilines is 1. The van der Waals surface area contributed by atoms with Crippen LogP contribution in [0, 0.1) is 0 Å². The van der Waals surface area contributed by atoms with Crippen molar-refractivity contribution in [1.82, 2.24) is 4.98 Å². The van der Waals surface area contributed by atoms with Crippen LogP contribution in [0.25, 0.3) is 0 Å². The first-order valence-electron chi connectivity index (χ1n) is 2.20. The minimum Gasteiger partial charge on any atom is -0.262 e. The Morgan fingerprint density at radius 2 is 2.50 bits per heavy atom. The van der Waals surface area contributed by atoms with Crippen molar-refractivity contribution in [3.05, 3.63) is 24.5 Å². The summed E-state index contributed by atoms with van der Waals surface area (Å²) in [6.07, 6.45) is 2.99.